The zero-order valence-corrected chi connectivity index (χ0v) is 17.8. The molecule has 4 aromatic rings. The first kappa shape index (κ1) is 19.8. The van der Waals surface area contributed by atoms with E-state index in [9.17, 15) is 4.79 Å². The van der Waals surface area contributed by atoms with Gasteiger partial charge in [0.2, 0.25) is 5.82 Å². The Kier molecular flexibility index (Phi) is 5.07. The van der Waals surface area contributed by atoms with E-state index in [-0.39, 0.29) is 6.03 Å². The number of amides is 2. The van der Waals surface area contributed by atoms with Gasteiger partial charge in [0.1, 0.15) is 5.76 Å². The molecule has 0 bridgehead atoms. The molecule has 0 saturated heterocycles. The summed E-state index contributed by atoms with van der Waals surface area (Å²) in [4.78, 5) is 19.3. The summed E-state index contributed by atoms with van der Waals surface area (Å²) in [6.45, 7) is 4.21. The molecule has 1 atom stereocenters. The molecular weight excluding hydrogens is 404 g/mol. The SMILES string of the molecule is CC1=C(c2nc(-c3cccc(C)c3)no2)C(c2ccccc2)NC(=O)N1Cc1ccco1. The molecule has 5 rings (SSSR count). The molecule has 1 aliphatic heterocycles. The Labute approximate surface area is 185 Å². The third-order valence-electron chi connectivity index (χ3n) is 5.56. The van der Waals surface area contributed by atoms with E-state index in [4.69, 9.17) is 13.9 Å². The minimum Gasteiger partial charge on any atom is -0.467 e. The number of furan rings is 1. The standard InChI is InChI=1S/C25H22N4O3/c1-16-8-6-11-19(14-16)23-27-24(32-28-23)21-17(2)29(15-20-12-7-13-31-20)25(30)26-22(21)18-9-4-3-5-10-18/h3-14,22H,15H2,1-2H3,(H,26,30). The van der Waals surface area contributed by atoms with Crippen molar-refractivity contribution >= 4 is 11.6 Å². The fourth-order valence-corrected chi connectivity index (χ4v) is 3.94. The van der Waals surface area contributed by atoms with E-state index < -0.39 is 6.04 Å². The Morgan fingerprint density at radius 2 is 1.88 bits per heavy atom. The van der Waals surface area contributed by atoms with Crippen LogP contribution in [0, 0.1) is 6.92 Å². The smallest absolute Gasteiger partial charge is 0.322 e. The van der Waals surface area contributed by atoms with Gasteiger partial charge in [-0.15, -0.1) is 0 Å². The zero-order chi connectivity index (χ0) is 22.1. The fraction of sp³-hybridized carbons (Fsp3) is 0.160. The van der Waals surface area contributed by atoms with E-state index >= 15 is 0 Å². The number of urea groups is 1. The molecule has 32 heavy (non-hydrogen) atoms. The third kappa shape index (κ3) is 3.69. The highest BCUT2D eigenvalue weighted by molar-refractivity contribution is 5.86. The van der Waals surface area contributed by atoms with Crippen LogP contribution in [-0.2, 0) is 6.54 Å². The summed E-state index contributed by atoms with van der Waals surface area (Å²) < 4.78 is 11.2. The second kappa shape index (κ2) is 8.19. The number of carbonyl (C=O) groups excluding carboxylic acids is 1. The molecule has 0 saturated carbocycles. The first-order chi connectivity index (χ1) is 15.6. The molecule has 7 heteroatoms. The van der Waals surface area contributed by atoms with Crippen LogP contribution in [0.15, 0.2) is 87.6 Å². The van der Waals surface area contributed by atoms with E-state index in [1.54, 1.807) is 17.2 Å². The molecule has 0 radical (unpaired) electrons. The number of aromatic nitrogens is 2. The van der Waals surface area contributed by atoms with E-state index in [1.807, 2.05) is 74.5 Å². The van der Waals surface area contributed by atoms with Gasteiger partial charge in [-0.05, 0) is 37.6 Å². The highest BCUT2D eigenvalue weighted by Gasteiger charge is 2.36. The summed E-state index contributed by atoms with van der Waals surface area (Å²) in [6.07, 6.45) is 1.59. The molecule has 1 aliphatic rings. The minimum absolute atomic E-state index is 0.213. The topological polar surface area (TPSA) is 84.4 Å². The summed E-state index contributed by atoms with van der Waals surface area (Å²) in [5, 5.41) is 7.31. The largest absolute Gasteiger partial charge is 0.467 e. The van der Waals surface area contributed by atoms with E-state index in [1.165, 1.54) is 0 Å². The monoisotopic (exact) mass is 426 g/mol. The number of rotatable bonds is 5. The normalized spacial score (nSPS) is 16.4. The number of aryl methyl sites for hydroxylation is 1. The second-order valence-electron chi connectivity index (χ2n) is 7.75. The van der Waals surface area contributed by atoms with Crippen LogP contribution in [0.2, 0.25) is 0 Å². The van der Waals surface area contributed by atoms with Crippen molar-refractivity contribution in [2.45, 2.75) is 26.4 Å². The Bertz CT molecular complexity index is 1280. The maximum Gasteiger partial charge on any atom is 0.322 e. The first-order valence-corrected chi connectivity index (χ1v) is 10.4. The first-order valence-electron chi connectivity index (χ1n) is 10.4. The molecule has 0 spiro atoms. The number of nitrogens with one attached hydrogen (secondary N) is 1. The minimum atomic E-state index is -0.414. The van der Waals surface area contributed by atoms with Gasteiger partial charge in [-0.2, -0.15) is 4.98 Å². The molecule has 2 aromatic carbocycles. The van der Waals surface area contributed by atoms with Gasteiger partial charge in [-0.25, -0.2) is 4.79 Å². The fourth-order valence-electron chi connectivity index (χ4n) is 3.94. The molecule has 0 fully saturated rings. The highest BCUT2D eigenvalue weighted by Crippen LogP contribution is 2.37. The molecule has 2 aromatic heterocycles. The average molecular weight is 426 g/mol. The Morgan fingerprint density at radius 3 is 2.62 bits per heavy atom. The predicted octanol–water partition coefficient (Wildman–Crippen LogP) is 5.34. The number of hydrogen-bond acceptors (Lipinski definition) is 5. The lowest BCUT2D eigenvalue weighted by molar-refractivity contribution is 0.199. The van der Waals surface area contributed by atoms with Gasteiger partial charge in [0.25, 0.3) is 5.89 Å². The maximum absolute atomic E-state index is 13.0. The molecule has 7 nitrogen and oxygen atoms in total. The number of hydrogen-bond donors (Lipinski definition) is 1. The van der Waals surface area contributed by atoms with Crippen molar-refractivity contribution in [3.63, 3.8) is 0 Å². The molecule has 160 valence electrons. The lowest BCUT2D eigenvalue weighted by atomic mass is 9.94. The number of allylic oxidation sites excluding steroid dienone is 1. The Morgan fingerprint density at radius 1 is 1.03 bits per heavy atom. The summed E-state index contributed by atoms with van der Waals surface area (Å²) in [6, 6.07) is 20.7. The van der Waals surface area contributed by atoms with Crippen molar-refractivity contribution in [3.05, 3.63) is 101 Å². The van der Waals surface area contributed by atoms with Crippen molar-refractivity contribution in [3.8, 4) is 11.4 Å². The van der Waals surface area contributed by atoms with Gasteiger partial charge < -0.3 is 14.3 Å². The van der Waals surface area contributed by atoms with Gasteiger partial charge in [0.15, 0.2) is 0 Å². The molecular formula is C25H22N4O3. The third-order valence-corrected chi connectivity index (χ3v) is 5.56. The van der Waals surface area contributed by atoms with Gasteiger partial charge in [-0.1, -0.05) is 59.3 Å². The maximum atomic E-state index is 13.0. The van der Waals surface area contributed by atoms with Gasteiger partial charge in [0.05, 0.1) is 24.4 Å². The summed E-state index contributed by atoms with van der Waals surface area (Å²) >= 11 is 0. The van der Waals surface area contributed by atoms with Crippen molar-refractivity contribution in [2.24, 2.45) is 0 Å². The zero-order valence-electron chi connectivity index (χ0n) is 17.8. The highest BCUT2D eigenvalue weighted by atomic mass is 16.5. The van der Waals surface area contributed by atoms with Crippen molar-refractivity contribution < 1.29 is 13.7 Å². The molecule has 0 aliphatic carbocycles. The van der Waals surface area contributed by atoms with Crippen LogP contribution in [-0.4, -0.2) is 21.1 Å². The van der Waals surface area contributed by atoms with Crippen LogP contribution < -0.4 is 5.32 Å². The predicted molar refractivity (Wildman–Crippen MR) is 119 cm³/mol. The lowest BCUT2D eigenvalue weighted by Crippen LogP contribution is -2.45. The van der Waals surface area contributed by atoms with Crippen LogP contribution in [0.5, 0.6) is 0 Å². The van der Waals surface area contributed by atoms with Crippen LogP contribution in [0.25, 0.3) is 17.0 Å². The van der Waals surface area contributed by atoms with Crippen LogP contribution in [0.3, 0.4) is 0 Å². The van der Waals surface area contributed by atoms with E-state index in [0.29, 0.717) is 24.0 Å². The number of carbonyl (C=O) groups is 1. The van der Waals surface area contributed by atoms with Crippen molar-refractivity contribution in [2.75, 3.05) is 0 Å². The average Bonchev–Trinajstić information content (AvgIpc) is 3.49. The van der Waals surface area contributed by atoms with Crippen molar-refractivity contribution in [1.29, 1.82) is 0 Å². The summed E-state index contributed by atoms with van der Waals surface area (Å²) in [7, 11) is 0. The van der Waals surface area contributed by atoms with Crippen molar-refractivity contribution in [1.82, 2.24) is 20.4 Å². The molecule has 1 unspecified atom stereocenters. The lowest BCUT2D eigenvalue weighted by Gasteiger charge is -2.34. The molecule has 3 heterocycles. The number of nitrogens with zero attached hydrogens (tertiary/aromatic N) is 3. The number of benzene rings is 2. The Hall–Kier alpha value is -4.13. The van der Waals surface area contributed by atoms with E-state index in [2.05, 4.69) is 10.5 Å². The van der Waals surface area contributed by atoms with Crippen LogP contribution >= 0.6 is 0 Å². The second-order valence-corrected chi connectivity index (χ2v) is 7.75. The Balaban J connectivity index is 1.60. The van der Waals surface area contributed by atoms with Gasteiger partial charge >= 0.3 is 6.03 Å². The summed E-state index contributed by atoms with van der Waals surface area (Å²) in [5.41, 5.74) is 4.41. The summed E-state index contributed by atoms with van der Waals surface area (Å²) in [5.74, 6) is 1.56. The van der Waals surface area contributed by atoms with E-state index in [0.717, 1.165) is 28.0 Å². The molecule has 2 amide bonds. The van der Waals surface area contributed by atoms with Crippen LogP contribution in [0.4, 0.5) is 4.79 Å². The molecule has 1 N–H and O–H groups in total. The van der Waals surface area contributed by atoms with Crippen LogP contribution in [0.1, 0.15) is 35.7 Å². The quantitative estimate of drug-likeness (QED) is 0.466. The van der Waals surface area contributed by atoms with Gasteiger partial charge in [-0.3, -0.25) is 4.90 Å². The van der Waals surface area contributed by atoms with Gasteiger partial charge in [0, 0.05) is 11.3 Å².